The van der Waals surface area contributed by atoms with E-state index in [2.05, 4.69) is 9.97 Å². The number of halogens is 1. The number of amides is 1. The maximum Gasteiger partial charge on any atom is 0.237 e. The first kappa shape index (κ1) is 20.1. The van der Waals surface area contributed by atoms with Crippen molar-refractivity contribution in [3.05, 3.63) is 71.5 Å². The highest BCUT2D eigenvalue weighted by Crippen LogP contribution is 2.37. The fourth-order valence-electron chi connectivity index (χ4n) is 3.37. The summed E-state index contributed by atoms with van der Waals surface area (Å²) in [7, 11) is 0. The number of anilines is 1. The van der Waals surface area contributed by atoms with Crippen LogP contribution in [-0.4, -0.2) is 34.2 Å². The third kappa shape index (κ3) is 4.53. The number of carbonyl (C=O) groups is 1. The summed E-state index contributed by atoms with van der Waals surface area (Å²) in [6.45, 7) is 0.162. The van der Waals surface area contributed by atoms with Gasteiger partial charge in [-0.2, -0.15) is 0 Å². The minimum absolute atomic E-state index is 0.0117. The minimum atomic E-state index is -0.160. The van der Waals surface area contributed by atoms with Crippen LogP contribution in [0.15, 0.2) is 60.9 Å². The van der Waals surface area contributed by atoms with E-state index in [1.54, 1.807) is 29.2 Å². The van der Waals surface area contributed by atoms with E-state index in [9.17, 15) is 4.79 Å². The molecule has 1 aliphatic heterocycles. The van der Waals surface area contributed by atoms with Crippen molar-refractivity contribution >= 4 is 23.3 Å². The molecule has 1 aromatic heterocycles. The van der Waals surface area contributed by atoms with Gasteiger partial charge in [-0.25, -0.2) is 9.97 Å². The summed E-state index contributed by atoms with van der Waals surface area (Å²) in [4.78, 5) is 22.9. The Bertz CT molecular complexity index is 1010. The number of aliphatic hydroxyl groups is 1. The summed E-state index contributed by atoms with van der Waals surface area (Å²) >= 11 is 5.88. The van der Waals surface area contributed by atoms with E-state index in [0.717, 1.165) is 5.56 Å². The van der Waals surface area contributed by atoms with Crippen molar-refractivity contribution in [3.8, 4) is 17.4 Å². The van der Waals surface area contributed by atoms with Gasteiger partial charge in [-0.3, -0.25) is 9.69 Å². The van der Waals surface area contributed by atoms with Gasteiger partial charge in [0.2, 0.25) is 11.8 Å². The second-order valence-electron chi connectivity index (χ2n) is 6.73. The largest absolute Gasteiger partial charge is 0.491 e. The van der Waals surface area contributed by atoms with E-state index in [-0.39, 0.29) is 25.2 Å². The summed E-state index contributed by atoms with van der Waals surface area (Å²) in [6.07, 6.45) is 4.13. The first-order chi connectivity index (χ1) is 14.6. The highest BCUT2D eigenvalue weighted by atomic mass is 35.5. The van der Waals surface area contributed by atoms with Crippen molar-refractivity contribution in [2.45, 2.75) is 18.9 Å². The summed E-state index contributed by atoms with van der Waals surface area (Å²) in [5, 5.41) is 9.57. The maximum atomic E-state index is 12.6. The molecule has 0 bridgehead atoms. The average molecular weight is 426 g/mol. The highest BCUT2D eigenvalue weighted by molar-refractivity contribution is 6.30. The first-order valence-corrected chi connectivity index (χ1v) is 9.93. The minimum Gasteiger partial charge on any atom is -0.491 e. The molecule has 0 unspecified atom stereocenters. The van der Waals surface area contributed by atoms with Crippen LogP contribution in [0.5, 0.6) is 17.4 Å². The van der Waals surface area contributed by atoms with Crippen LogP contribution in [0.25, 0.3) is 0 Å². The molecule has 7 nitrogen and oxygen atoms in total. The Morgan fingerprint density at radius 1 is 1.10 bits per heavy atom. The van der Waals surface area contributed by atoms with Gasteiger partial charge in [0.05, 0.1) is 25.0 Å². The highest BCUT2D eigenvalue weighted by Gasteiger charge is 2.34. The molecule has 2 aromatic carbocycles. The fourth-order valence-corrected chi connectivity index (χ4v) is 3.50. The first-order valence-electron chi connectivity index (χ1n) is 9.55. The van der Waals surface area contributed by atoms with Gasteiger partial charge in [-0.15, -0.1) is 0 Å². The lowest BCUT2D eigenvalue weighted by Crippen LogP contribution is -2.28. The maximum absolute atomic E-state index is 12.6. The van der Waals surface area contributed by atoms with Crippen molar-refractivity contribution in [3.63, 3.8) is 0 Å². The van der Waals surface area contributed by atoms with Crippen molar-refractivity contribution < 1.29 is 19.4 Å². The van der Waals surface area contributed by atoms with E-state index in [0.29, 0.717) is 41.1 Å². The van der Waals surface area contributed by atoms with Crippen LogP contribution in [0.3, 0.4) is 0 Å². The number of benzene rings is 2. The van der Waals surface area contributed by atoms with Gasteiger partial charge in [0.15, 0.2) is 5.82 Å². The molecule has 30 heavy (non-hydrogen) atoms. The standard InChI is InChI=1S/C22H20ClN3O4/c23-16-4-6-17(7-5-16)30-21-14-24-20(13-25-21)26-19(8-9-22(26)28)15-2-1-3-18(12-15)29-11-10-27/h1-7,12-14,19,27H,8-11H2/t19-/m1/s1. The SMILES string of the molecule is O=C1CC[C@H](c2cccc(OCCO)c2)N1c1cnc(Oc2ccc(Cl)cc2)cn1. The molecule has 1 saturated heterocycles. The Morgan fingerprint density at radius 3 is 2.67 bits per heavy atom. The fraction of sp³-hybridized carbons (Fsp3) is 0.227. The van der Waals surface area contributed by atoms with E-state index < -0.39 is 0 Å². The van der Waals surface area contributed by atoms with E-state index >= 15 is 0 Å². The Kier molecular flexibility index (Phi) is 6.11. The van der Waals surface area contributed by atoms with Crippen LogP contribution in [0.4, 0.5) is 5.82 Å². The topological polar surface area (TPSA) is 84.8 Å². The predicted molar refractivity (Wildman–Crippen MR) is 112 cm³/mol. The third-order valence-electron chi connectivity index (χ3n) is 4.71. The molecule has 8 heteroatoms. The molecular formula is C22H20ClN3O4. The van der Waals surface area contributed by atoms with Gasteiger partial charge in [0, 0.05) is 11.4 Å². The lowest BCUT2D eigenvalue weighted by molar-refractivity contribution is -0.117. The molecule has 1 atom stereocenters. The molecule has 1 aliphatic rings. The van der Waals surface area contributed by atoms with E-state index in [1.165, 1.54) is 12.4 Å². The van der Waals surface area contributed by atoms with Crippen molar-refractivity contribution in [1.29, 1.82) is 0 Å². The van der Waals surface area contributed by atoms with Crippen molar-refractivity contribution in [2.75, 3.05) is 18.1 Å². The van der Waals surface area contributed by atoms with Crippen molar-refractivity contribution in [2.24, 2.45) is 0 Å². The molecule has 4 rings (SSSR count). The van der Waals surface area contributed by atoms with Crippen LogP contribution in [0, 0.1) is 0 Å². The van der Waals surface area contributed by atoms with Gasteiger partial charge < -0.3 is 14.6 Å². The molecule has 154 valence electrons. The predicted octanol–water partition coefficient (Wildman–Crippen LogP) is 4.16. The lowest BCUT2D eigenvalue weighted by Gasteiger charge is -2.24. The molecule has 0 spiro atoms. The van der Waals surface area contributed by atoms with Crippen molar-refractivity contribution in [1.82, 2.24) is 9.97 Å². The quantitative estimate of drug-likeness (QED) is 0.611. The number of carbonyl (C=O) groups excluding carboxylic acids is 1. The molecule has 3 aromatic rings. The Morgan fingerprint density at radius 2 is 1.93 bits per heavy atom. The molecule has 1 amide bonds. The zero-order chi connectivity index (χ0) is 20.9. The summed E-state index contributed by atoms with van der Waals surface area (Å²) in [5.41, 5.74) is 0.944. The monoisotopic (exact) mass is 425 g/mol. The molecule has 0 aliphatic carbocycles. The summed E-state index contributed by atoms with van der Waals surface area (Å²) < 4.78 is 11.2. The van der Waals surface area contributed by atoms with Gasteiger partial charge in [-0.1, -0.05) is 23.7 Å². The van der Waals surface area contributed by atoms with Crippen LogP contribution < -0.4 is 14.4 Å². The van der Waals surface area contributed by atoms with Crippen LogP contribution in [0.2, 0.25) is 5.02 Å². The van der Waals surface area contributed by atoms with Gasteiger partial charge in [0.25, 0.3) is 0 Å². The molecule has 0 radical (unpaired) electrons. The number of rotatable bonds is 7. The number of hydrogen-bond acceptors (Lipinski definition) is 6. The molecule has 1 N–H and O–H groups in total. The number of hydrogen-bond donors (Lipinski definition) is 1. The average Bonchev–Trinajstić information content (AvgIpc) is 3.16. The van der Waals surface area contributed by atoms with Crippen LogP contribution in [-0.2, 0) is 4.79 Å². The van der Waals surface area contributed by atoms with Crippen LogP contribution >= 0.6 is 11.6 Å². The number of aromatic nitrogens is 2. The van der Waals surface area contributed by atoms with Gasteiger partial charge in [0.1, 0.15) is 18.1 Å². The Labute approximate surface area is 178 Å². The number of nitrogens with zero attached hydrogens (tertiary/aromatic N) is 3. The lowest BCUT2D eigenvalue weighted by atomic mass is 10.0. The molecular weight excluding hydrogens is 406 g/mol. The zero-order valence-electron chi connectivity index (χ0n) is 16.1. The zero-order valence-corrected chi connectivity index (χ0v) is 16.8. The summed E-state index contributed by atoms with van der Waals surface area (Å²) in [5.74, 6) is 2.02. The normalized spacial score (nSPS) is 16.0. The molecule has 2 heterocycles. The Balaban J connectivity index is 1.53. The third-order valence-corrected chi connectivity index (χ3v) is 4.96. The summed E-state index contributed by atoms with van der Waals surface area (Å²) in [6, 6.07) is 14.3. The second-order valence-corrected chi connectivity index (χ2v) is 7.17. The number of ether oxygens (including phenoxy) is 2. The molecule has 1 fully saturated rings. The van der Waals surface area contributed by atoms with E-state index in [1.807, 2.05) is 24.3 Å². The molecule has 0 saturated carbocycles. The van der Waals surface area contributed by atoms with Gasteiger partial charge in [-0.05, 0) is 48.4 Å². The van der Waals surface area contributed by atoms with Crippen LogP contribution in [0.1, 0.15) is 24.4 Å². The number of aliphatic hydroxyl groups excluding tert-OH is 1. The Hall–Kier alpha value is -3.16. The smallest absolute Gasteiger partial charge is 0.237 e. The second kappa shape index (κ2) is 9.11. The van der Waals surface area contributed by atoms with Gasteiger partial charge >= 0.3 is 0 Å². The van der Waals surface area contributed by atoms with E-state index in [4.69, 9.17) is 26.2 Å².